The second kappa shape index (κ2) is 11.9. The highest BCUT2D eigenvalue weighted by atomic mass is 15.2. The minimum Gasteiger partial charge on any atom is -0.313 e. The number of nitrogens with zero attached hydrogens (tertiary/aromatic N) is 2. The van der Waals surface area contributed by atoms with Crippen LogP contribution in [0.15, 0.2) is 97.1 Å². The standard InChI is InChI=1S/C39H44N2/c1-26(2)32-21-15-22-33(27(3)4)37(32)40-25-36(30-17-11-9-12-18-30)41(39(40)31-19-13-10-14-20-31)38-34(28(5)6)23-16-24-35(38)29(7)8/h9-24,26-29H,1-8H3. The third-order valence-corrected chi connectivity index (χ3v) is 8.08. The normalized spacial score (nSPS) is 11.8. The quantitative estimate of drug-likeness (QED) is 0.137. The van der Waals surface area contributed by atoms with Gasteiger partial charge in [0.15, 0.2) is 0 Å². The van der Waals surface area contributed by atoms with E-state index in [-0.39, 0.29) is 0 Å². The first kappa shape index (κ1) is 28.6. The molecule has 0 fully saturated rings. The highest BCUT2D eigenvalue weighted by Crippen LogP contribution is 2.39. The number of rotatable bonds is 8. The Balaban J connectivity index is 2.05. The summed E-state index contributed by atoms with van der Waals surface area (Å²) in [6.07, 6.45) is 3.98. The highest BCUT2D eigenvalue weighted by Gasteiger charge is 2.29. The maximum atomic E-state index is 3.98. The van der Waals surface area contributed by atoms with Crippen molar-refractivity contribution in [2.24, 2.45) is 0 Å². The van der Waals surface area contributed by atoms with Crippen LogP contribution in [0.4, 0.5) is 0 Å². The summed E-state index contributed by atoms with van der Waals surface area (Å²) in [4.78, 5) is 0. The van der Waals surface area contributed by atoms with E-state index in [2.05, 4.69) is 168 Å². The summed E-state index contributed by atoms with van der Waals surface area (Å²) in [5, 5.41) is 0. The summed E-state index contributed by atoms with van der Waals surface area (Å²) < 4.78 is 4.89. The smallest absolute Gasteiger partial charge is 0.218 e. The Labute approximate surface area is 247 Å². The van der Waals surface area contributed by atoms with Crippen molar-refractivity contribution in [1.82, 2.24) is 4.57 Å². The van der Waals surface area contributed by atoms with Gasteiger partial charge >= 0.3 is 0 Å². The van der Waals surface area contributed by atoms with E-state index in [0.29, 0.717) is 23.7 Å². The van der Waals surface area contributed by atoms with E-state index in [0.717, 1.165) is 17.1 Å². The van der Waals surface area contributed by atoms with Gasteiger partial charge in [0.05, 0.1) is 17.6 Å². The molecular formula is C39H44N2. The lowest BCUT2D eigenvalue weighted by Gasteiger charge is -2.24. The topological polar surface area (TPSA) is 8.81 Å². The molecular weight excluding hydrogens is 496 g/mol. The number of aromatic nitrogens is 2. The van der Waals surface area contributed by atoms with Crippen LogP contribution in [0.2, 0.25) is 0 Å². The van der Waals surface area contributed by atoms with E-state index < -0.39 is 0 Å². The predicted octanol–water partition coefficient (Wildman–Crippen LogP) is 10.4. The van der Waals surface area contributed by atoms with Crippen LogP contribution in [0.25, 0.3) is 34.0 Å². The van der Waals surface area contributed by atoms with Crippen LogP contribution in [-0.2, 0) is 0 Å². The number of para-hydroxylation sites is 2. The fraction of sp³-hybridized carbons (Fsp3) is 0.308. The van der Waals surface area contributed by atoms with Gasteiger partial charge < -0.3 is 4.57 Å². The average molecular weight is 541 g/mol. The number of hydrogen-bond donors (Lipinski definition) is 0. The second-order valence-electron chi connectivity index (χ2n) is 12.4. The molecule has 0 aliphatic heterocycles. The van der Waals surface area contributed by atoms with Crippen molar-refractivity contribution < 1.29 is 4.57 Å². The molecule has 4 aromatic carbocycles. The summed E-state index contributed by atoms with van der Waals surface area (Å²) in [5.74, 6) is 2.59. The fourth-order valence-corrected chi connectivity index (χ4v) is 5.97. The molecule has 0 amide bonds. The molecule has 0 saturated carbocycles. The van der Waals surface area contributed by atoms with Crippen LogP contribution in [0.1, 0.15) is 101 Å². The maximum absolute atomic E-state index is 3.98. The van der Waals surface area contributed by atoms with E-state index in [1.807, 2.05) is 0 Å². The van der Waals surface area contributed by atoms with Gasteiger partial charge in [-0.05, 0) is 40.4 Å². The summed E-state index contributed by atoms with van der Waals surface area (Å²) in [6.45, 7) is 18.4. The molecule has 0 radical (unpaired) electrons. The first-order chi connectivity index (χ1) is 19.7. The summed E-state index contributed by atoms with van der Waals surface area (Å²) in [5.41, 5.74) is 11.3. The zero-order valence-electron chi connectivity index (χ0n) is 25.9. The van der Waals surface area contributed by atoms with Crippen molar-refractivity contribution in [3.8, 4) is 34.0 Å². The SMILES string of the molecule is CC(C)c1cccc(C(C)C)c1-n1c(-c2ccccc2)[c-][n+](-c2c(C(C)C)cccc2C(C)C)c1-c1ccccc1. The molecule has 0 bridgehead atoms. The molecule has 0 unspecified atom stereocenters. The van der Waals surface area contributed by atoms with E-state index in [4.69, 9.17) is 0 Å². The van der Waals surface area contributed by atoms with Crippen molar-refractivity contribution in [3.63, 3.8) is 0 Å². The third kappa shape index (κ3) is 5.40. The third-order valence-electron chi connectivity index (χ3n) is 8.08. The minimum atomic E-state index is 0.362. The Morgan fingerprint density at radius 2 is 0.902 bits per heavy atom. The van der Waals surface area contributed by atoms with Crippen molar-refractivity contribution in [3.05, 3.63) is 126 Å². The average Bonchev–Trinajstić information content (AvgIpc) is 3.37. The lowest BCUT2D eigenvalue weighted by atomic mass is 9.91. The van der Waals surface area contributed by atoms with Crippen LogP contribution < -0.4 is 4.57 Å². The lowest BCUT2D eigenvalue weighted by Crippen LogP contribution is -2.36. The van der Waals surface area contributed by atoms with Gasteiger partial charge in [-0.2, -0.15) is 0 Å². The summed E-state index contributed by atoms with van der Waals surface area (Å²) >= 11 is 0. The Hall–Kier alpha value is -3.91. The Bertz CT molecular complexity index is 1570. The molecule has 1 heterocycles. The van der Waals surface area contributed by atoms with Crippen molar-refractivity contribution in [1.29, 1.82) is 0 Å². The minimum absolute atomic E-state index is 0.362. The van der Waals surface area contributed by atoms with Crippen LogP contribution >= 0.6 is 0 Å². The van der Waals surface area contributed by atoms with E-state index in [1.165, 1.54) is 39.2 Å². The molecule has 2 nitrogen and oxygen atoms in total. The number of benzene rings is 4. The monoisotopic (exact) mass is 540 g/mol. The fourth-order valence-electron chi connectivity index (χ4n) is 5.97. The van der Waals surface area contributed by atoms with Crippen molar-refractivity contribution >= 4 is 0 Å². The van der Waals surface area contributed by atoms with Gasteiger partial charge in [0, 0.05) is 16.7 Å². The molecule has 0 saturated heterocycles. The molecule has 1 aromatic heterocycles. The van der Waals surface area contributed by atoms with Gasteiger partial charge in [-0.25, -0.2) is 4.57 Å². The molecule has 0 N–H and O–H groups in total. The van der Waals surface area contributed by atoms with Gasteiger partial charge in [0.25, 0.3) is 0 Å². The molecule has 0 aliphatic rings. The molecule has 5 aromatic rings. The highest BCUT2D eigenvalue weighted by molar-refractivity contribution is 5.70. The van der Waals surface area contributed by atoms with Crippen molar-refractivity contribution in [2.45, 2.75) is 79.1 Å². The van der Waals surface area contributed by atoms with Crippen molar-refractivity contribution in [2.75, 3.05) is 0 Å². The summed E-state index contributed by atoms with van der Waals surface area (Å²) in [7, 11) is 0. The molecule has 0 atom stereocenters. The molecule has 2 heteroatoms. The Kier molecular flexibility index (Phi) is 8.31. The zero-order chi connectivity index (χ0) is 29.3. The number of hydrogen-bond acceptors (Lipinski definition) is 0. The first-order valence-corrected chi connectivity index (χ1v) is 15.2. The molecule has 41 heavy (non-hydrogen) atoms. The van der Waals surface area contributed by atoms with E-state index >= 15 is 0 Å². The van der Waals surface area contributed by atoms with Gasteiger partial charge in [-0.3, -0.25) is 0 Å². The second-order valence-corrected chi connectivity index (χ2v) is 12.4. The molecule has 0 aliphatic carbocycles. The van der Waals surface area contributed by atoms with Gasteiger partial charge in [0.1, 0.15) is 5.69 Å². The van der Waals surface area contributed by atoms with Crippen LogP contribution in [0, 0.1) is 6.20 Å². The number of imidazole rings is 1. The Morgan fingerprint density at radius 3 is 1.34 bits per heavy atom. The van der Waals surface area contributed by atoms with Gasteiger partial charge in [-0.15, -0.1) is 0 Å². The zero-order valence-corrected chi connectivity index (χ0v) is 25.9. The van der Waals surface area contributed by atoms with E-state index in [1.54, 1.807) is 0 Å². The first-order valence-electron chi connectivity index (χ1n) is 15.2. The maximum Gasteiger partial charge on any atom is 0.218 e. The molecule has 0 spiro atoms. The van der Waals surface area contributed by atoms with Crippen LogP contribution in [-0.4, -0.2) is 4.57 Å². The van der Waals surface area contributed by atoms with Crippen LogP contribution in [0.3, 0.4) is 0 Å². The largest absolute Gasteiger partial charge is 0.313 e. The summed E-state index contributed by atoms with van der Waals surface area (Å²) in [6, 6.07) is 35.3. The Morgan fingerprint density at radius 1 is 0.488 bits per heavy atom. The molecule has 5 rings (SSSR count). The predicted molar refractivity (Wildman–Crippen MR) is 173 cm³/mol. The van der Waals surface area contributed by atoms with Crippen LogP contribution in [0.5, 0.6) is 0 Å². The van der Waals surface area contributed by atoms with Gasteiger partial charge in [0.2, 0.25) is 5.82 Å². The molecule has 210 valence electrons. The van der Waals surface area contributed by atoms with Gasteiger partial charge in [-0.1, -0.05) is 152 Å². The van der Waals surface area contributed by atoms with E-state index in [9.17, 15) is 0 Å². The lowest BCUT2D eigenvalue weighted by molar-refractivity contribution is -0.588.